The van der Waals surface area contributed by atoms with E-state index in [9.17, 15) is 13.2 Å². The van der Waals surface area contributed by atoms with Gasteiger partial charge in [-0.25, -0.2) is 13.1 Å². The molecule has 1 aliphatic rings. The van der Waals surface area contributed by atoms with Gasteiger partial charge in [-0.05, 0) is 17.5 Å². The minimum Gasteiger partial charge on any atom is -0.358 e. The first-order valence-corrected chi connectivity index (χ1v) is 10.3. The van der Waals surface area contributed by atoms with E-state index in [2.05, 4.69) is 9.71 Å². The number of amides is 1. The molecule has 0 bridgehead atoms. The fourth-order valence-electron chi connectivity index (χ4n) is 3.14. The molecule has 1 amide bonds. The van der Waals surface area contributed by atoms with Gasteiger partial charge in [0.15, 0.2) is 0 Å². The minimum absolute atomic E-state index is 0.212. The Morgan fingerprint density at radius 2 is 2.08 bits per heavy atom. The van der Waals surface area contributed by atoms with Crippen LogP contribution in [0.3, 0.4) is 0 Å². The molecule has 130 valence electrons. The summed E-state index contributed by atoms with van der Waals surface area (Å²) in [5, 5.41) is 2.81. The Bertz CT molecular complexity index is 1020. The standard InChI is InChI=1S/C17H17N3O3S2/c21-16(10-18-25(22,23)17-6-3-9-24-17)20-8-7-15-13(11-20)12-4-1-2-5-14(12)19-15/h1-6,9,18-19H,7-8,10-11H2. The zero-order valence-corrected chi connectivity index (χ0v) is 15.0. The summed E-state index contributed by atoms with van der Waals surface area (Å²) in [5.74, 6) is -0.212. The van der Waals surface area contributed by atoms with Crippen LogP contribution in [-0.4, -0.2) is 37.3 Å². The van der Waals surface area contributed by atoms with Crippen molar-refractivity contribution < 1.29 is 13.2 Å². The molecule has 1 aromatic carbocycles. The number of thiophene rings is 1. The molecule has 0 aliphatic carbocycles. The number of nitrogens with zero attached hydrogens (tertiary/aromatic N) is 1. The average Bonchev–Trinajstić information content (AvgIpc) is 3.27. The van der Waals surface area contributed by atoms with Gasteiger partial charge < -0.3 is 9.88 Å². The Morgan fingerprint density at radius 1 is 1.24 bits per heavy atom. The third-order valence-corrected chi connectivity index (χ3v) is 7.21. The third-order valence-electron chi connectivity index (χ3n) is 4.41. The summed E-state index contributed by atoms with van der Waals surface area (Å²) in [6, 6.07) is 11.2. The Labute approximate surface area is 149 Å². The first kappa shape index (κ1) is 16.3. The number of fused-ring (bicyclic) bond motifs is 3. The molecule has 0 saturated carbocycles. The fraction of sp³-hybridized carbons (Fsp3) is 0.235. The van der Waals surface area contributed by atoms with E-state index in [-0.39, 0.29) is 16.7 Å². The van der Waals surface area contributed by atoms with Crippen LogP contribution in [0.1, 0.15) is 11.3 Å². The van der Waals surface area contributed by atoms with E-state index in [1.807, 2.05) is 24.3 Å². The average molecular weight is 375 g/mol. The quantitative estimate of drug-likeness (QED) is 0.733. The van der Waals surface area contributed by atoms with Crippen LogP contribution in [0.2, 0.25) is 0 Å². The lowest BCUT2D eigenvalue weighted by molar-refractivity contribution is -0.130. The highest BCUT2D eigenvalue weighted by atomic mass is 32.2. The van der Waals surface area contributed by atoms with Gasteiger partial charge in [0.2, 0.25) is 5.91 Å². The minimum atomic E-state index is -3.62. The maximum Gasteiger partial charge on any atom is 0.250 e. The normalized spacial score (nSPS) is 14.6. The molecule has 0 fully saturated rings. The van der Waals surface area contributed by atoms with Crippen LogP contribution in [-0.2, 0) is 27.8 Å². The molecule has 4 rings (SSSR count). The number of benzene rings is 1. The van der Waals surface area contributed by atoms with E-state index in [0.717, 1.165) is 39.9 Å². The molecule has 1 aliphatic heterocycles. The van der Waals surface area contributed by atoms with Gasteiger partial charge in [-0.1, -0.05) is 24.3 Å². The molecular weight excluding hydrogens is 358 g/mol. The Hall–Kier alpha value is -2.16. The second-order valence-corrected chi connectivity index (χ2v) is 8.89. The molecule has 0 unspecified atom stereocenters. The highest BCUT2D eigenvalue weighted by molar-refractivity contribution is 7.91. The predicted octanol–water partition coefficient (Wildman–Crippen LogP) is 2.09. The van der Waals surface area contributed by atoms with Crippen molar-refractivity contribution in [3.8, 4) is 0 Å². The summed E-state index contributed by atoms with van der Waals surface area (Å²) in [6.45, 7) is 0.857. The van der Waals surface area contributed by atoms with Crippen molar-refractivity contribution in [1.82, 2.24) is 14.6 Å². The van der Waals surface area contributed by atoms with Gasteiger partial charge >= 0.3 is 0 Å². The van der Waals surface area contributed by atoms with E-state index in [4.69, 9.17) is 0 Å². The smallest absolute Gasteiger partial charge is 0.250 e. The summed E-state index contributed by atoms with van der Waals surface area (Å²) in [6.07, 6.45) is 0.743. The Kier molecular flexibility index (Phi) is 4.10. The zero-order valence-electron chi connectivity index (χ0n) is 13.4. The lowest BCUT2D eigenvalue weighted by Gasteiger charge is -2.27. The summed E-state index contributed by atoms with van der Waals surface area (Å²) in [4.78, 5) is 17.6. The van der Waals surface area contributed by atoms with Gasteiger partial charge in [-0.3, -0.25) is 4.79 Å². The van der Waals surface area contributed by atoms with Crippen molar-refractivity contribution in [3.05, 3.63) is 53.0 Å². The van der Waals surface area contributed by atoms with Gasteiger partial charge in [0, 0.05) is 41.7 Å². The summed E-state index contributed by atoms with van der Waals surface area (Å²) < 4.78 is 26.9. The van der Waals surface area contributed by atoms with Crippen LogP contribution in [0.25, 0.3) is 10.9 Å². The number of hydrogen-bond donors (Lipinski definition) is 2. The number of carbonyl (C=O) groups is 1. The van der Waals surface area contributed by atoms with E-state index in [0.29, 0.717) is 13.1 Å². The van der Waals surface area contributed by atoms with Crippen LogP contribution < -0.4 is 4.72 Å². The van der Waals surface area contributed by atoms with Crippen molar-refractivity contribution in [2.24, 2.45) is 0 Å². The molecule has 3 aromatic rings. The van der Waals surface area contributed by atoms with Gasteiger partial charge in [0.05, 0.1) is 6.54 Å². The molecule has 25 heavy (non-hydrogen) atoms. The lowest BCUT2D eigenvalue weighted by atomic mass is 10.0. The third kappa shape index (κ3) is 3.08. The highest BCUT2D eigenvalue weighted by Crippen LogP contribution is 2.27. The van der Waals surface area contributed by atoms with Crippen molar-refractivity contribution in [2.45, 2.75) is 17.2 Å². The molecule has 0 spiro atoms. The molecule has 3 heterocycles. The van der Waals surface area contributed by atoms with Crippen LogP contribution in [0.4, 0.5) is 0 Å². The van der Waals surface area contributed by atoms with Crippen LogP contribution in [0.15, 0.2) is 46.0 Å². The lowest BCUT2D eigenvalue weighted by Crippen LogP contribution is -2.42. The van der Waals surface area contributed by atoms with Crippen molar-refractivity contribution in [2.75, 3.05) is 13.1 Å². The van der Waals surface area contributed by atoms with Crippen molar-refractivity contribution in [3.63, 3.8) is 0 Å². The second kappa shape index (κ2) is 6.29. The van der Waals surface area contributed by atoms with Gasteiger partial charge in [-0.15, -0.1) is 11.3 Å². The molecule has 6 nitrogen and oxygen atoms in total. The number of H-pyrrole nitrogens is 1. The highest BCUT2D eigenvalue weighted by Gasteiger charge is 2.25. The molecule has 8 heteroatoms. The van der Waals surface area contributed by atoms with Crippen LogP contribution in [0.5, 0.6) is 0 Å². The number of rotatable bonds is 4. The van der Waals surface area contributed by atoms with E-state index >= 15 is 0 Å². The monoisotopic (exact) mass is 375 g/mol. The molecule has 0 atom stereocenters. The maximum absolute atomic E-state index is 12.5. The number of hydrogen-bond acceptors (Lipinski definition) is 4. The number of para-hydroxylation sites is 1. The van der Waals surface area contributed by atoms with E-state index in [1.165, 1.54) is 6.07 Å². The Balaban J connectivity index is 1.47. The zero-order chi connectivity index (χ0) is 17.4. The number of sulfonamides is 1. The van der Waals surface area contributed by atoms with Gasteiger partial charge in [0.1, 0.15) is 4.21 Å². The SMILES string of the molecule is O=C(CNS(=O)(=O)c1cccs1)N1CCc2[nH]c3ccccc3c2C1. The van der Waals surface area contributed by atoms with E-state index in [1.54, 1.807) is 16.3 Å². The molecule has 2 N–H and O–H groups in total. The molecule has 0 saturated heterocycles. The van der Waals surface area contributed by atoms with Crippen LogP contribution >= 0.6 is 11.3 Å². The largest absolute Gasteiger partial charge is 0.358 e. The molecular formula is C17H17N3O3S2. The fourth-order valence-corrected chi connectivity index (χ4v) is 5.15. The van der Waals surface area contributed by atoms with E-state index < -0.39 is 10.0 Å². The maximum atomic E-state index is 12.5. The van der Waals surface area contributed by atoms with Crippen LogP contribution in [0, 0.1) is 0 Å². The van der Waals surface area contributed by atoms with Gasteiger partial charge in [-0.2, -0.15) is 0 Å². The van der Waals surface area contributed by atoms with Crippen molar-refractivity contribution >= 4 is 38.2 Å². The Morgan fingerprint density at radius 3 is 2.88 bits per heavy atom. The van der Waals surface area contributed by atoms with Crippen molar-refractivity contribution in [1.29, 1.82) is 0 Å². The number of aromatic nitrogens is 1. The molecule has 2 aromatic heterocycles. The number of nitrogens with one attached hydrogen (secondary N) is 2. The predicted molar refractivity (Wildman–Crippen MR) is 96.9 cm³/mol. The number of aromatic amines is 1. The summed E-state index contributed by atoms with van der Waals surface area (Å²) >= 11 is 1.13. The molecule has 0 radical (unpaired) electrons. The second-order valence-electron chi connectivity index (χ2n) is 5.95. The number of carbonyl (C=O) groups excluding carboxylic acids is 1. The first-order valence-electron chi connectivity index (χ1n) is 7.94. The van der Waals surface area contributed by atoms with Gasteiger partial charge in [0.25, 0.3) is 10.0 Å². The topological polar surface area (TPSA) is 82.3 Å². The summed E-state index contributed by atoms with van der Waals surface area (Å²) in [7, 11) is -3.62. The first-order chi connectivity index (χ1) is 12.0. The summed E-state index contributed by atoms with van der Waals surface area (Å²) in [5.41, 5.74) is 3.35.